The minimum Gasteiger partial charge on any atom is -0.493 e. The lowest BCUT2D eigenvalue weighted by molar-refractivity contribution is -0.124. The van der Waals surface area contributed by atoms with Gasteiger partial charge in [-0.2, -0.15) is 0 Å². The number of amides is 1. The molecule has 1 atom stereocenters. The van der Waals surface area contributed by atoms with Gasteiger partial charge in [0.1, 0.15) is 5.75 Å². The number of nitrogens with one attached hydrogen (secondary N) is 1. The third-order valence-electron chi connectivity index (χ3n) is 4.48. The smallest absolute Gasteiger partial charge is 0.228 e. The molecule has 1 N–H and O–H groups in total. The van der Waals surface area contributed by atoms with Crippen molar-refractivity contribution in [3.63, 3.8) is 0 Å². The van der Waals surface area contributed by atoms with Crippen LogP contribution in [0.3, 0.4) is 0 Å². The molecule has 1 aliphatic heterocycles. The van der Waals surface area contributed by atoms with E-state index in [9.17, 15) is 4.79 Å². The molecule has 20 heavy (non-hydrogen) atoms. The van der Waals surface area contributed by atoms with Crippen molar-refractivity contribution in [1.29, 1.82) is 0 Å². The van der Waals surface area contributed by atoms with Crippen LogP contribution >= 0.6 is 0 Å². The van der Waals surface area contributed by atoms with E-state index in [1.54, 1.807) is 0 Å². The first-order valence-corrected chi connectivity index (χ1v) is 7.87. The molecular formula is C17H23NO2. The summed E-state index contributed by atoms with van der Waals surface area (Å²) in [6.45, 7) is 0.639. The van der Waals surface area contributed by atoms with E-state index in [1.165, 1.54) is 25.7 Å². The molecule has 0 saturated heterocycles. The zero-order valence-corrected chi connectivity index (χ0v) is 11.9. The Kier molecular flexibility index (Phi) is 4.24. The number of fused-ring (bicyclic) bond motifs is 1. The number of hydrogen-bond donors (Lipinski definition) is 1. The second kappa shape index (κ2) is 6.29. The molecule has 108 valence electrons. The number of carbonyl (C=O) groups is 1. The van der Waals surface area contributed by atoms with E-state index < -0.39 is 0 Å². The minimum absolute atomic E-state index is 0.0387. The van der Waals surface area contributed by atoms with Crippen LogP contribution in [0.5, 0.6) is 5.75 Å². The Bertz CT molecular complexity index is 464. The summed E-state index contributed by atoms with van der Waals surface area (Å²) in [6, 6.07) is 8.30. The van der Waals surface area contributed by atoms with Crippen LogP contribution in [0.1, 0.15) is 56.4 Å². The van der Waals surface area contributed by atoms with Gasteiger partial charge in [0, 0.05) is 11.6 Å². The van der Waals surface area contributed by atoms with Gasteiger partial charge in [0.05, 0.1) is 12.5 Å². The van der Waals surface area contributed by atoms with E-state index in [2.05, 4.69) is 5.32 Å². The van der Waals surface area contributed by atoms with Crippen LogP contribution in [0, 0.1) is 0 Å². The highest BCUT2D eigenvalue weighted by Crippen LogP contribution is 2.33. The van der Waals surface area contributed by atoms with E-state index in [1.807, 2.05) is 24.3 Å². The van der Waals surface area contributed by atoms with Gasteiger partial charge in [-0.1, -0.05) is 43.9 Å². The van der Waals surface area contributed by atoms with Crippen LogP contribution in [-0.4, -0.2) is 18.6 Å². The Balaban J connectivity index is 1.68. The highest BCUT2D eigenvalue weighted by molar-refractivity contribution is 5.85. The van der Waals surface area contributed by atoms with E-state index in [-0.39, 0.29) is 11.8 Å². The van der Waals surface area contributed by atoms with Gasteiger partial charge in [-0.05, 0) is 25.3 Å². The van der Waals surface area contributed by atoms with Gasteiger partial charge in [0.2, 0.25) is 5.91 Å². The Morgan fingerprint density at radius 1 is 1.05 bits per heavy atom. The fraction of sp³-hybridized carbons (Fsp3) is 0.588. The van der Waals surface area contributed by atoms with Gasteiger partial charge in [-0.25, -0.2) is 0 Å². The maximum absolute atomic E-state index is 12.6. The summed E-state index contributed by atoms with van der Waals surface area (Å²) < 4.78 is 5.63. The maximum atomic E-state index is 12.6. The molecule has 1 unspecified atom stereocenters. The third kappa shape index (κ3) is 2.97. The lowest BCUT2D eigenvalue weighted by Gasteiger charge is -2.27. The van der Waals surface area contributed by atoms with Crippen molar-refractivity contribution in [3.05, 3.63) is 29.8 Å². The zero-order valence-electron chi connectivity index (χ0n) is 11.9. The third-order valence-corrected chi connectivity index (χ3v) is 4.48. The molecule has 1 fully saturated rings. The molecule has 3 nitrogen and oxygen atoms in total. The Morgan fingerprint density at radius 2 is 1.80 bits per heavy atom. The summed E-state index contributed by atoms with van der Waals surface area (Å²) in [5.41, 5.74) is 1.05. The lowest BCUT2D eigenvalue weighted by atomic mass is 9.92. The summed E-state index contributed by atoms with van der Waals surface area (Å²) in [7, 11) is 0. The predicted molar refractivity (Wildman–Crippen MR) is 78.9 cm³/mol. The molecule has 1 aromatic carbocycles. The fourth-order valence-corrected chi connectivity index (χ4v) is 3.34. The number of hydrogen-bond acceptors (Lipinski definition) is 2. The molecule has 1 saturated carbocycles. The average molecular weight is 273 g/mol. The van der Waals surface area contributed by atoms with Gasteiger partial charge in [0.15, 0.2) is 0 Å². The first kappa shape index (κ1) is 13.5. The second-order valence-corrected chi connectivity index (χ2v) is 5.92. The molecule has 2 aliphatic rings. The summed E-state index contributed by atoms with van der Waals surface area (Å²) in [4.78, 5) is 12.6. The predicted octanol–water partition coefficient (Wildman–Crippen LogP) is 3.39. The second-order valence-electron chi connectivity index (χ2n) is 5.92. The highest BCUT2D eigenvalue weighted by Gasteiger charge is 2.28. The van der Waals surface area contributed by atoms with Crippen LogP contribution in [0.25, 0.3) is 0 Å². The molecule has 1 amide bonds. The minimum atomic E-state index is -0.0387. The van der Waals surface area contributed by atoms with E-state index in [4.69, 9.17) is 4.74 Å². The molecular weight excluding hydrogens is 250 g/mol. The van der Waals surface area contributed by atoms with Crippen LogP contribution in [0.2, 0.25) is 0 Å². The first-order valence-electron chi connectivity index (χ1n) is 7.87. The molecule has 1 aliphatic carbocycles. The van der Waals surface area contributed by atoms with Crippen molar-refractivity contribution in [1.82, 2.24) is 5.32 Å². The normalized spacial score (nSPS) is 23.3. The fourth-order valence-electron chi connectivity index (χ4n) is 3.34. The van der Waals surface area contributed by atoms with Crippen LogP contribution < -0.4 is 10.1 Å². The first-order chi connectivity index (χ1) is 9.84. The summed E-state index contributed by atoms with van der Waals surface area (Å²) >= 11 is 0. The average Bonchev–Trinajstić information content (AvgIpc) is 2.75. The zero-order chi connectivity index (χ0) is 13.8. The molecule has 0 radical (unpaired) electrons. The van der Waals surface area contributed by atoms with Crippen molar-refractivity contribution in [2.24, 2.45) is 0 Å². The largest absolute Gasteiger partial charge is 0.493 e. The lowest BCUT2D eigenvalue weighted by Crippen LogP contribution is -2.39. The SMILES string of the molecule is O=C(NC1CCCCCC1)C1CCOc2ccccc21. The quantitative estimate of drug-likeness (QED) is 0.839. The van der Waals surface area contributed by atoms with Gasteiger partial charge in [0.25, 0.3) is 0 Å². The van der Waals surface area contributed by atoms with Gasteiger partial charge < -0.3 is 10.1 Å². The summed E-state index contributed by atoms with van der Waals surface area (Å²) in [5, 5.41) is 3.27. The topological polar surface area (TPSA) is 38.3 Å². The van der Waals surface area contributed by atoms with E-state index in [0.717, 1.165) is 30.6 Å². The van der Waals surface area contributed by atoms with Crippen LogP contribution in [0.4, 0.5) is 0 Å². The standard InChI is InChI=1S/C17H23NO2/c19-17(18-13-7-3-1-2-4-8-13)15-11-12-20-16-10-6-5-9-14(15)16/h5-6,9-10,13,15H,1-4,7-8,11-12H2,(H,18,19). The molecule has 0 spiro atoms. The van der Waals surface area contributed by atoms with Gasteiger partial charge in [-0.15, -0.1) is 0 Å². The number of carbonyl (C=O) groups excluding carboxylic acids is 1. The van der Waals surface area contributed by atoms with Gasteiger partial charge in [-0.3, -0.25) is 4.79 Å². The molecule has 3 heteroatoms. The highest BCUT2D eigenvalue weighted by atomic mass is 16.5. The van der Waals surface area contributed by atoms with Crippen molar-refractivity contribution < 1.29 is 9.53 Å². The Morgan fingerprint density at radius 3 is 2.60 bits per heavy atom. The Hall–Kier alpha value is -1.51. The summed E-state index contributed by atoms with van der Waals surface area (Å²) in [6.07, 6.45) is 8.17. The summed E-state index contributed by atoms with van der Waals surface area (Å²) in [5.74, 6) is 1.02. The monoisotopic (exact) mass is 273 g/mol. The molecule has 3 rings (SSSR count). The van der Waals surface area contributed by atoms with Gasteiger partial charge >= 0.3 is 0 Å². The number of ether oxygens (including phenoxy) is 1. The molecule has 0 aromatic heterocycles. The molecule has 1 aromatic rings. The van der Waals surface area contributed by atoms with Crippen molar-refractivity contribution in [3.8, 4) is 5.75 Å². The van der Waals surface area contributed by atoms with Crippen LogP contribution in [0.15, 0.2) is 24.3 Å². The van der Waals surface area contributed by atoms with E-state index in [0.29, 0.717) is 12.6 Å². The van der Waals surface area contributed by atoms with Crippen molar-refractivity contribution in [2.75, 3.05) is 6.61 Å². The number of para-hydroxylation sites is 1. The number of benzene rings is 1. The van der Waals surface area contributed by atoms with Crippen molar-refractivity contribution in [2.45, 2.75) is 56.9 Å². The van der Waals surface area contributed by atoms with E-state index >= 15 is 0 Å². The van der Waals surface area contributed by atoms with Crippen molar-refractivity contribution >= 4 is 5.91 Å². The Labute approximate surface area is 120 Å². The maximum Gasteiger partial charge on any atom is 0.228 e. The molecule has 1 heterocycles. The number of rotatable bonds is 2. The van der Waals surface area contributed by atoms with Crippen LogP contribution in [-0.2, 0) is 4.79 Å². The molecule has 0 bridgehead atoms.